The molecule has 0 aliphatic heterocycles. The molecule has 0 spiro atoms. The Kier molecular flexibility index (Phi) is 6.29. The monoisotopic (exact) mass is 480 g/mol. The summed E-state index contributed by atoms with van der Waals surface area (Å²) in [4.78, 5) is 24.3. The van der Waals surface area contributed by atoms with Gasteiger partial charge in [-0.05, 0) is 66.9 Å². The van der Waals surface area contributed by atoms with Gasteiger partial charge >= 0.3 is 0 Å². The van der Waals surface area contributed by atoms with E-state index in [9.17, 15) is 13.2 Å². The topological polar surface area (TPSA) is 83.5 Å². The first-order valence-corrected chi connectivity index (χ1v) is 12.5. The lowest BCUT2D eigenvalue weighted by Gasteiger charge is -2.20. The summed E-state index contributed by atoms with van der Waals surface area (Å²) in [5.41, 5.74) is 4.35. The maximum Gasteiger partial charge on any atom is 0.260 e. The normalized spacial score (nSPS) is 11.8. The summed E-state index contributed by atoms with van der Waals surface area (Å²) in [6, 6.07) is 13.8. The Morgan fingerprint density at radius 2 is 1.76 bits per heavy atom. The minimum absolute atomic E-state index is 0.133. The summed E-state index contributed by atoms with van der Waals surface area (Å²) in [5.74, 6) is -0.263. The molecule has 0 fully saturated rings. The van der Waals surface area contributed by atoms with Crippen molar-refractivity contribution < 1.29 is 13.2 Å². The summed E-state index contributed by atoms with van der Waals surface area (Å²) >= 11 is 1.45. The van der Waals surface area contributed by atoms with Gasteiger partial charge in [0, 0.05) is 32.1 Å². The molecule has 0 atom stereocenters. The van der Waals surface area contributed by atoms with Crippen LogP contribution in [0, 0.1) is 13.8 Å². The fourth-order valence-corrected chi connectivity index (χ4v) is 5.29. The third-order valence-corrected chi connectivity index (χ3v) is 8.37. The van der Waals surface area contributed by atoms with Gasteiger partial charge in [-0.1, -0.05) is 23.5 Å². The third kappa shape index (κ3) is 4.52. The predicted octanol–water partition coefficient (Wildman–Crippen LogP) is 4.41. The lowest BCUT2D eigenvalue weighted by atomic mass is 10.1. The van der Waals surface area contributed by atoms with E-state index in [0.29, 0.717) is 17.2 Å². The van der Waals surface area contributed by atoms with E-state index in [1.54, 1.807) is 17.3 Å². The number of rotatable bonds is 6. The third-order valence-electron chi connectivity index (χ3n) is 5.49. The highest BCUT2D eigenvalue weighted by molar-refractivity contribution is 7.89. The highest BCUT2D eigenvalue weighted by atomic mass is 32.2. The second-order valence-corrected chi connectivity index (χ2v) is 11.1. The molecule has 7 nitrogen and oxygen atoms in total. The Hall–Kier alpha value is -3.14. The van der Waals surface area contributed by atoms with Crippen LogP contribution in [-0.4, -0.2) is 42.7 Å². The zero-order valence-corrected chi connectivity index (χ0v) is 20.4. The minimum atomic E-state index is -3.58. The first kappa shape index (κ1) is 23.0. The largest absolute Gasteiger partial charge is 0.279 e. The molecular formula is C24H24N4O3S2. The van der Waals surface area contributed by atoms with Crippen LogP contribution in [0.25, 0.3) is 10.2 Å². The molecular weight excluding hydrogens is 456 g/mol. The number of amides is 1. The number of thiazole rings is 1. The summed E-state index contributed by atoms with van der Waals surface area (Å²) in [7, 11) is -0.630. The average Bonchev–Trinajstić information content (AvgIpc) is 3.25. The van der Waals surface area contributed by atoms with Crippen LogP contribution in [0.4, 0.5) is 5.13 Å². The second-order valence-electron chi connectivity index (χ2n) is 7.92. The van der Waals surface area contributed by atoms with Crippen LogP contribution in [0.3, 0.4) is 0 Å². The molecule has 9 heteroatoms. The minimum Gasteiger partial charge on any atom is -0.279 e. The molecule has 0 aliphatic carbocycles. The van der Waals surface area contributed by atoms with Crippen molar-refractivity contribution in [2.24, 2.45) is 0 Å². The van der Waals surface area contributed by atoms with E-state index in [1.807, 2.05) is 32.0 Å². The molecule has 4 aromatic rings. The molecule has 2 aromatic carbocycles. The smallest absolute Gasteiger partial charge is 0.260 e. The van der Waals surface area contributed by atoms with Crippen molar-refractivity contribution in [2.75, 3.05) is 19.0 Å². The summed E-state index contributed by atoms with van der Waals surface area (Å²) in [6.45, 7) is 4.36. The first-order valence-electron chi connectivity index (χ1n) is 10.3. The van der Waals surface area contributed by atoms with Gasteiger partial charge in [-0.15, -0.1) is 0 Å². The zero-order valence-electron chi connectivity index (χ0n) is 18.8. The van der Waals surface area contributed by atoms with Crippen LogP contribution < -0.4 is 4.90 Å². The Labute approximate surface area is 197 Å². The number of hydrogen-bond acceptors (Lipinski definition) is 6. The number of pyridine rings is 1. The molecule has 2 heterocycles. The Morgan fingerprint density at radius 3 is 2.39 bits per heavy atom. The molecule has 0 saturated heterocycles. The lowest BCUT2D eigenvalue weighted by molar-refractivity contribution is 0.0985. The molecule has 0 N–H and O–H groups in total. The number of aryl methyl sites for hydroxylation is 2. The number of carbonyl (C=O) groups excluding carboxylic acids is 1. The van der Waals surface area contributed by atoms with Crippen LogP contribution in [0.5, 0.6) is 0 Å². The van der Waals surface area contributed by atoms with Gasteiger partial charge < -0.3 is 0 Å². The summed E-state index contributed by atoms with van der Waals surface area (Å²) in [5, 5.41) is 0.581. The van der Waals surface area contributed by atoms with Gasteiger partial charge in [0.15, 0.2) is 5.13 Å². The van der Waals surface area contributed by atoms with E-state index < -0.39 is 10.0 Å². The van der Waals surface area contributed by atoms with Crippen LogP contribution in [0.15, 0.2) is 65.8 Å². The van der Waals surface area contributed by atoms with Gasteiger partial charge in [0.25, 0.3) is 5.91 Å². The van der Waals surface area contributed by atoms with Gasteiger partial charge in [0.05, 0.1) is 21.7 Å². The Bertz CT molecular complexity index is 1410. The second kappa shape index (κ2) is 9.01. The van der Waals surface area contributed by atoms with Gasteiger partial charge in [-0.3, -0.25) is 14.7 Å². The number of aromatic nitrogens is 2. The summed E-state index contributed by atoms with van der Waals surface area (Å²) in [6.07, 6.45) is 3.40. The number of hydrogen-bond donors (Lipinski definition) is 0. The number of anilines is 1. The van der Waals surface area contributed by atoms with Crippen LogP contribution >= 0.6 is 11.3 Å². The predicted molar refractivity (Wildman–Crippen MR) is 131 cm³/mol. The van der Waals surface area contributed by atoms with Gasteiger partial charge in [0.2, 0.25) is 10.0 Å². The summed E-state index contributed by atoms with van der Waals surface area (Å²) < 4.78 is 26.9. The van der Waals surface area contributed by atoms with Crippen molar-refractivity contribution in [1.29, 1.82) is 0 Å². The van der Waals surface area contributed by atoms with Crippen molar-refractivity contribution >= 4 is 42.6 Å². The number of benzene rings is 2. The molecule has 170 valence electrons. The fraction of sp³-hybridized carbons (Fsp3) is 0.208. The molecule has 0 bridgehead atoms. The van der Waals surface area contributed by atoms with Crippen molar-refractivity contribution in [1.82, 2.24) is 14.3 Å². The molecule has 0 aliphatic rings. The van der Waals surface area contributed by atoms with Crippen molar-refractivity contribution in [3.05, 3.63) is 83.2 Å². The van der Waals surface area contributed by atoms with Crippen molar-refractivity contribution in [2.45, 2.75) is 25.3 Å². The molecule has 1 amide bonds. The number of sulfonamides is 1. The highest BCUT2D eigenvalue weighted by Gasteiger charge is 2.24. The maximum absolute atomic E-state index is 13.6. The van der Waals surface area contributed by atoms with E-state index in [0.717, 1.165) is 31.2 Å². The van der Waals surface area contributed by atoms with E-state index in [-0.39, 0.29) is 10.8 Å². The van der Waals surface area contributed by atoms with Gasteiger partial charge in [-0.2, -0.15) is 0 Å². The molecule has 33 heavy (non-hydrogen) atoms. The number of carbonyl (C=O) groups is 1. The van der Waals surface area contributed by atoms with E-state index in [1.165, 1.54) is 49.7 Å². The average molecular weight is 481 g/mol. The van der Waals surface area contributed by atoms with Gasteiger partial charge in [-0.25, -0.2) is 17.7 Å². The molecule has 0 radical (unpaired) electrons. The fourth-order valence-electron chi connectivity index (χ4n) is 3.37. The molecule has 2 aromatic heterocycles. The van der Waals surface area contributed by atoms with Crippen molar-refractivity contribution in [3.63, 3.8) is 0 Å². The van der Waals surface area contributed by atoms with E-state index in [4.69, 9.17) is 4.98 Å². The highest BCUT2D eigenvalue weighted by Crippen LogP contribution is 2.33. The maximum atomic E-state index is 13.6. The lowest BCUT2D eigenvalue weighted by Crippen LogP contribution is -2.30. The van der Waals surface area contributed by atoms with Crippen molar-refractivity contribution in [3.8, 4) is 0 Å². The Balaban J connectivity index is 1.75. The van der Waals surface area contributed by atoms with Crippen LogP contribution in [-0.2, 0) is 16.6 Å². The van der Waals surface area contributed by atoms with Crippen LogP contribution in [0.2, 0.25) is 0 Å². The number of nitrogens with zero attached hydrogens (tertiary/aromatic N) is 4. The first-order chi connectivity index (χ1) is 15.7. The van der Waals surface area contributed by atoms with Gasteiger partial charge in [0.1, 0.15) is 0 Å². The van der Waals surface area contributed by atoms with Crippen LogP contribution in [0.1, 0.15) is 27.0 Å². The Morgan fingerprint density at radius 1 is 1.03 bits per heavy atom. The standard InChI is InChI=1S/C24H24N4O3S2/c1-16-7-12-21-22(17(16)2)26-24(32-21)28(15-18-6-5-13-25-14-18)23(29)19-8-10-20(11-9-19)33(30,31)27(3)4/h5-14H,15H2,1-4H3. The quantitative estimate of drug-likeness (QED) is 0.408. The number of fused-ring (bicyclic) bond motifs is 1. The molecule has 0 unspecified atom stereocenters. The molecule has 0 saturated carbocycles. The SMILES string of the molecule is Cc1ccc2sc(N(Cc3cccnc3)C(=O)c3ccc(S(=O)(=O)N(C)C)cc3)nc2c1C. The van der Waals surface area contributed by atoms with E-state index in [2.05, 4.69) is 11.1 Å². The van der Waals surface area contributed by atoms with E-state index >= 15 is 0 Å². The molecule has 4 rings (SSSR count). The zero-order chi connectivity index (χ0) is 23.8.